The first kappa shape index (κ1) is 27.5. The monoisotopic (exact) mass is 587 g/mol. The summed E-state index contributed by atoms with van der Waals surface area (Å²) in [7, 11) is -2.12. The predicted molar refractivity (Wildman–Crippen MR) is 141 cm³/mol. The van der Waals surface area contributed by atoms with Crippen molar-refractivity contribution in [3.8, 4) is 0 Å². The molecule has 1 saturated heterocycles. The summed E-state index contributed by atoms with van der Waals surface area (Å²) in [6.07, 6.45) is 0. The van der Waals surface area contributed by atoms with Crippen LogP contribution in [0.25, 0.3) is 0 Å². The van der Waals surface area contributed by atoms with Crippen molar-refractivity contribution in [2.24, 2.45) is 7.05 Å². The number of anilines is 3. The Hall–Kier alpha value is -2.52. The number of hydrogen-bond donors (Lipinski definition) is 2. The standard InChI is InChI=1S/C22H23Cl2N5O6S2/c1-14-20(21(24)27(2)26-14)29(36(31)32)19-8-3-15(23)13-18(19)22(30)25-16-4-6-17(7-5-16)37(33,34)28-9-11-35-12-10-28/h3-8,13H,9-12H2,1-2H3,(H,25,30)(H,31,32). The Balaban J connectivity index is 1.64. The number of carbonyl (C=O) groups is 1. The van der Waals surface area contributed by atoms with Crippen LogP contribution < -0.4 is 9.62 Å². The van der Waals surface area contributed by atoms with E-state index in [2.05, 4.69) is 10.4 Å². The van der Waals surface area contributed by atoms with Crippen LogP contribution in [0.3, 0.4) is 0 Å². The second-order valence-corrected chi connectivity index (χ2v) is 11.6. The molecule has 0 aliphatic carbocycles. The lowest BCUT2D eigenvalue weighted by atomic mass is 10.1. The van der Waals surface area contributed by atoms with Gasteiger partial charge in [0.2, 0.25) is 10.0 Å². The summed E-state index contributed by atoms with van der Waals surface area (Å²) in [6, 6.07) is 9.95. The number of nitrogens with one attached hydrogen (secondary N) is 1. The number of morpholine rings is 1. The molecule has 11 nitrogen and oxygen atoms in total. The average molecular weight is 588 g/mol. The summed E-state index contributed by atoms with van der Waals surface area (Å²) in [6.45, 7) is 2.80. The first-order valence-electron chi connectivity index (χ1n) is 10.9. The summed E-state index contributed by atoms with van der Waals surface area (Å²) in [5.74, 6) is -0.644. The van der Waals surface area contributed by atoms with E-state index in [1.54, 1.807) is 14.0 Å². The second kappa shape index (κ2) is 11.1. The van der Waals surface area contributed by atoms with Gasteiger partial charge in [0.1, 0.15) is 5.69 Å². The van der Waals surface area contributed by atoms with Crippen LogP contribution in [0.5, 0.6) is 0 Å². The molecule has 1 amide bonds. The predicted octanol–water partition coefficient (Wildman–Crippen LogP) is 3.58. The van der Waals surface area contributed by atoms with Gasteiger partial charge in [0, 0.05) is 30.8 Å². The lowest BCUT2D eigenvalue weighted by molar-refractivity contribution is 0.0730. The lowest BCUT2D eigenvalue weighted by Gasteiger charge is -2.26. The smallest absolute Gasteiger partial charge is 0.266 e. The van der Waals surface area contributed by atoms with E-state index in [4.69, 9.17) is 27.9 Å². The number of benzene rings is 2. The van der Waals surface area contributed by atoms with Crippen molar-refractivity contribution in [1.82, 2.24) is 14.1 Å². The molecule has 37 heavy (non-hydrogen) atoms. The van der Waals surface area contributed by atoms with Gasteiger partial charge in [-0.2, -0.15) is 9.40 Å². The Kier molecular flexibility index (Phi) is 8.23. The largest absolute Gasteiger partial charge is 0.379 e. The van der Waals surface area contributed by atoms with Gasteiger partial charge >= 0.3 is 0 Å². The Morgan fingerprint density at radius 2 is 1.81 bits per heavy atom. The maximum Gasteiger partial charge on any atom is 0.266 e. The first-order chi connectivity index (χ1) is 17.5. The molecule has 4 rings (SSSR count). The number of ether oxygens (including phenoxy) is 1. The first-order valence-corrected chi connectivity index (χ1v) is 14.2. The zero-order valence-electron chi connectivity index (χ0n) is 19.7. The van der Waals surface area contributed by atoms with Crippen LogP contribution in [-0.4, -0.2) is 63.5 Å². The number of hydrogen-bond acceptors (Lipinski definition) is 6. The van der Waals surface area contributed by atoms with Crippen molar-refractivity contribution >= 4 is 67.5 Å². The minimum absolute atomic E-state index is 0.0146. The van der Waals surface area contributed by atoms with Crippen LogP contribution in [0.4, 0.5) is 17.1 Å². The van der Waals surface area contributed by atoms with Gasteiger partial charge in [0.15, 0.2) is 5.15 Å². The molecule has 0 saturated carbocycles. The summed E-state index contributed by atoms with van der Waals surface area (Å²) >= 11 is 9.86. The van der Waals surface area contributed by atoms with Gasteiger partial charge < -0.3 is 10.1 Å². The van der Waals surface area contributed by atoms with Gasteiger partial charge in [0.25, 0.3) is 17.2 Å². The van der Waals surface area contributed by atoms with Gasteiger partial charge in [-0.3, -0.25) is 14.0 Å². The van der Waals surface area contributed by atoms with Crippen LogP contribution in [-0.2, 0) is 33.1 Å². The zero-order valence-corrected chi connectivity index (χ0v) is 22.9. The van der Waals surface area contributed by atoms with Gasteiger partial charge in [0.05, 0.1) is 35.1 Å². The molecular weight excluding hydrogens is 565 g/mol. The number of carbonyl (C=O) groups excluding carboxylic acids is 1. The molecule has 1 aliphatic heterocycles. The molecule has 2 N–H and O–H groups in total. The van der Waals surface area contributed by atoms with Gasteiger partial charge in [-0.05, 0) is 49.4 Å². The number of halogens is 2. The van der Waals surface area contributed by atoms with Crippen LogP contribution in [0.2, 0.25) is 10.2 Å². The van der Waals surface area contributed by atoms with Gasteiger partial charge in [-0.25, -0.2) is 16.9 Å². The fraction of sp³-hybridized carbons (Fsp3) is 0.273. The molecule has 1 fully saturated rings. The number of aryl methyl sites for hydroxylation is 2. The van der Waals surface area contributed by atoms with Gasteiger partial charge in [-0.15, -0.1) is 0 Å². The molecule has 198 valence electrons. The SMILES string of the molecule is Cc1nn(C)c(Cl)c1N(c1ccc(Cl)cc1C(=O)Nc1ccc(S(=O)(=O)N2CCOCC2)cc1)S(=O)O. The molecule has 1 atom stereocenters. The van der Waals surface area contributed by atoms with Crippen LogP contribution in [0.15, 0.2) is 47.4 Å². The minimum atomic E-state index is -3.69. The number of amides is 1. The molecule has 2 aromatic carbocycles. The molecule has 15 heteroatoms. The number of aromatic nitrogens is 2. The number of sulfonamides is 1. The maximum absolute atomic E-state index is 13.3. The van der Waals surface area contributed by atoms with Crippen LogP contribution in [0.1, 0.15) is 16.1 Å². The molecule has 1 unspecified atom stereocenters. The van der Waals surface area contributed by atoms with Crippen molar-refractivity contribution in [1.29, 1.82) is 0 Å². The second-order valence-electron chi connectivity index (χ2n) is 8.03. The molecule has 0 bridgehead atoms. The molecule has 2 heterocycles. The molecular formula is C22H23Cl2N5O6S2. The third-order valence-electron chi connectivity index (χ3n) is 5.62. The van der Waals surface area contributed by atoms with Crippen molar-refractivity contribution in [3.05, 3.63) is 63.9 Å². The molecule has 1 aromatic heterocycles. The van der Waals surface area contributed by atoms with E-state index in [0.717, 1.165) is 4.31 Å². The molecule has 3 aromatic rings. The highest BCUT2D eigenvalue weighted by molar-refractivity contribution is 7.89. The lowest BCUT2D eigenvalue weighted by Crippen LogP contribution is -2.40. The van der Waals surface area contributed by atoms with E-state index in [1.807, 2.05) is 0 Å². The van der Waals surface area contributed by atoms with Crippen LogP contribution >= 0.6 is 23.2 Å². The summed E-state index contributed by atoms with van der Waals surface area (Å²) < 4.78 is 57.1. The Bertz CT molecular complexity index is 1460. The summed E-state index contributed by atoms with van der Waals surface area (Å²) in [4.78, 5) is 13.4. The van der Waals surface area contributed by atoms with E-state index in [-0.39, 0.29) is 45.1 Å². The molecule has 0 radical (unpaired) electrons. The number of nitrogens with zero attached hydrogens (tertiary/aromatic N) is 4. The molecule has 1 aliphatic rings. The maximum atomic E-state index is 13.3. The summed E-state index contributed by atoms with van der Waals surface area (Å²) in [5, 5.41) is 7.17. The summed E-state index contributed by atoms with van der Waals surface area (Å²) in [5.41, 5.74) is 0.878. The van der Waals surface area contributed by atoms with E-state index < -0.39 is 27.2 Å². The van der Waals surface area contributed by atoms with E-state index >= 15 is 0 Å². The normalized spacial score (nSPS) is 15.4. The van der Waals surface area contributed by atoms with E-state index in [0.29, 0.717) is 24.6 Å². The van der Waals surface area contributed by atoms with Gasteiger partial charge in [-0.1, -0.05) is 23.2 Å². The highest BCUT2D eigenvalue weighted by atomic mass is 35.5. The zero-order chi connectivity index (χ0) is 26.9. The fourth-order valence-electron chi connectivity index (χ4n) is 3.84. The Labute approximate surface area is 226 Å². The van der Waals surface area contributed by atoms with Crippen molar-refractivity contribution < 1.29 is 26.7 Å². The Morgan fingerprint density at radius 1 is 1.16 bits per heavy atom. The topological polar surface area (TPSA) is 134 Å². The van der Waals surface area contributed by atoms with E-state index in [9.17, 15) is 22.0 Å². The fourth-order valence-corrected chi connectivity index (χ4v) is 6.44. The van der Waals surface area contributed by atoms with E-state index in [1.165, 1.54) is 51.5 Å². The highest BCUT2D eigenvalue weighted by Gasteiger charge is 2.29. The molecule has 0 spiro atoms. The number of rotatable bonds is 7. The van der Waals surface area contributed by atoms with Crippen molar-refractivity contribution in [2.75, 3.05) is 35.9 Å². The third-order valence-corrected chi connectivity index (χ3v) is 8.89. The van der Waals surface area contributed by atoms with Crippen LogP contribution in [0, 0.1) is 6.92 Å². The Morgan fingerprint density at radius 3 is 2.38 bits per heavy atom. The quantitative estimate of drug-likeness (QED) is 0.403. The van der Waals surface area contributed by atoms with Crippen molar-refractivity contribution in [2.45, 2.75) is 11.8 Å². The highest BCUT2D eigenvalue weighted by Crippen LogP contribution is 2.38. The average Bonchev–Trinajstić information content (AvgIpc) is 3.12. The minimum Gasteiger partial charge on any atom is -0.379 e. The van der Waals surface area contributed by atoms with Crippen molar-refractivity contribution in [3.63, 3.8) is 0 Å². The third kappa shape index (κ3) is 5.67.